The molecule has 2 heteroatoms. The fraction of sp³-hybridized carbons (Fsp3) is 0.571. The molecule has 0 saturated heterocycles. The Morgan fingerprint density at radius 1 is 0.562 bits per heavy atom. The zero-order chi connectivity index (χ0) is 12.3. The topological polar surface area (TPSA) is 0 Å². The highest BCUT2D eigenvalue weighted by molar-refractivity contribution is 6.35. The Balaban J connectivity index is 3.60. The molecule has 0 aliphatic rings. The first-order valence-electron chi connectivity index (χ1n) is 6.12. The summed E-state index contributed by atoms with van der Waals surface area (Å²) in [5, 5.41) is 1.89. The largest absolute Gasteiger partial charge is 0.0837 e. The first kappa shape index (κ1) is 13.9. The van der Waals surface area contributed by atoms with Gasteiger partial charge in [-0.2, -0.15) is 0 Å². The molecule has 16 heavy (non-hydrogen) atoms. The average Bonchev–Trinajstić information content (AvgIpc) is 2.30. The van der Waals surface area contributed by atoms with Crippen molar-refractivity contribution in [1.29, 1.82) is 0 Å². The van der Waals surface area contributed by atoms with Crippen LogP contribution in [0.2, 0.25) is 10.0 Å². The van der Waals surface area contributed by atoms with Crippen LogP contribution in [0.3, 0.4) is 0 Å². The molecule has 0 aliphatic carbocycles. The number of halogens is 2. The van der Waals surface area contributed by atoms with Crippen LogP contribution in [-0.2, 0) is 25.7 Å². The van der Waals surface area contributed by atoms with E-state index in [9.17, 15) is 0 Å². The maximum Gasteiger partial charge on any atom is 0.0476 e. The highest BCUT2D eigenvalue weighted by Crippen LogP contribution is 2.36. The summed E-state index contributed by atoms with van der Waals surface area (Å²) in [5.41, 5.74) is 4.96. The molecule has 0 bridgehead atoms. The maximum atomic E-state index is 6.49. The van der Waals surface area contributed by atoms with E-state index in [0.29, 0.717) is 0 Å². The number of hydrogen-bond donors (Lipinski definition) is 0. The van der Waals surface area contributed by atoms with Crippen LogP contribution < -0.4 is 0 Å². The number of benzene rings is 1. The van der Waals surface area contributed by atoms with E-state index in [0.717, 1.165) is 35.7 Å². The molecule has 0 fully saturated rings. The number of rotatable bonds is 4. The summed E-state index contributed by atoms with van der Waals surface area (Å²) < 4.78 is 0. The SMILES string of the molecule is CCc1c(Cl)c(CC)c(CC)c(Cl)c1CC. The lowest BCUT2D eigenvalue weighted by Crippen LogP contribution is -2.03. The van der Waals surface area contributed by atoms with E-state index in [1.165, 1.54) is 22.3 Å². The second-order valence-electron chi connectivity index (χ2n) is 3.96. The van der Waals surface area contributed by atoms with Crippen molar-refractivity contribution in [3.63, 3.8) is 0 Å². The predicted octanol–water partition coefficient (Wildman–Crippen LogP) is 5.24. The lowest BCUT2D eigenvalue weighted by atomic mass is 9.92. The molecule has 0 N–H and O–H groups in total. The molecule has 0 saturated carbocycles. The maximum absolute atomic E-state index is 6.49. The molecule has 0 atom stereocenters. The van der Waals surface area contributed by atoms with Crippen LogP contribution in [-0.4, -0.2) is 0 Å². The van der Waals surface area contributed by atoms with E-state index in [-0.39, 0.29) is 0 Å². The Kier molecular flexibility index (Phi) is 5.14. The summed E-state index contributed by atoms with van der Waals surface area (Å²) in [4.78, 5) is 0. The van der Waals surface area contributed by atoms with Gasteiger partial charge < -0.3 is 0 Å². The van der Waals surface area contributed by atoms with Gasteiger partial charge in [0.25, 0.3) is 0 Å². The second-order valence-corrected chi connectivity index (χ2v) is 4.71. The molecule has 0 heterocycles. The van der Waals surface area contributed by atoms with Crippen LogP contribution in [0.1, 0.15) is 49.9 Å². The fourth-order valence-corrected chi connectivity index (χ4v) is 3.36. The summed E-state index contributed by atoms with van der Waals surface area (Å²) >= 11 is 13.0. The van der Waals surface area contributed by atoms with E-state index in [1.807, 2.05) is 0 Å². The monoisotopic (exact) mass is 258 g/mol. The van der Waals surface area contributed by atoms with Crippen molar-refractivity contribution >= 4 is 23.2 Å². The summed E-state index contributed by atoms with van der Waals surface area (Å²) in [6.45, 7) is 8.56. The van der Waals surface area contributed by atoms with E-state index in [4.69, 9.17) is 23.2 Å². The van der Waals surface area contributed by atoms with Gasteiger partial charge in [-0.15, -0.1) is 0 Å². The third kappa shape index (κ3) is 2.24. The van der Waals surface area contributed by atoms with E-state index < -0.39 is 0 Å². The van der Waals surface area contributed by atoms with Crippen molar-refractivity contribution in [3.05, 3.63) is 32.3 Å². The zero-order valence-corrected chi connectivity index (χ0v) is 12.1. The third-order valence-electron chi connectivity index (χ3n) is 3.20. The van der Waals surface area contributed by atoms with Gasteiger partial charge in [-0.3, -0.25) is 0 Å². The smallest absolute Gasteiger partial charge is 0.0476 e. The van der Waals surface area contributed by atoms with Crippen molar-refractivity contribution in [3.8, 4) is 0 Å². The highest BCUT2D eigenvalue weighted by atomic mass is 35.5. The van der Waals surface area contributed by atoms with Gasteiger partial charge in [-0.1, -0.05) is 50.9 Å². The molecular formula is C14H20Cl2. The van der Waals surface area contributed by atoms with Crippen molar-refractivity contribution in [1.82, 2.24) is 0 Å². The van der Waals surface area contributed by atoms with Crippen molar-refractivity contribution < 1.29 is 0 Å². The molecule has 1 aromatic carbocycles. The Morgan fingerprint density at radius 3 is 0.875 bits per heavy atom. The molecular weight excluding hydrogens is 239 g/mol. The van der Waals surface area contributed by atoms with Gasteiger partial charge in [0, 0.05) is 10.0 Å². The second kappa shape index (κ2) is 5.93. The van der Waals surface area contributed by atoms with Gasteiger partial charge in [0.05, 0.1) is 0 Å². The molecule has 90 valence electrons. The summed E-state index contributed by atoms with van der Waals surface area (Å²) in [5.74, 6) is 0. The molecule has 0 aromatic heterocycles. The molecule has 0 radical (unpaired) electrons. The summed E-state index contributed by atoms with van der Waals surface area (Å²) in [7, 11) is 0. The minimum Gasteiger partial charge on any atom is -0.0837 e. The lowest BCUT2D eigenvalue weighted by molar-refractivity contribution is 0.974. The van der Waals surface area contributed by atoms with Gasteiger partial charge in [-0.25, -0.2) is 0 Å². The van der Waals surface area contributed by atoms with Crippen LogP contribution >= 0.6 is 23.2 Å². The van der Waals surface area contributed by atoms with Gasteiger partial charge >= 0.3 is 0 Å². The molecule has 0 unspecified atom stereocenters. The van der Waals surface area contributed by atoms with Gasteiger partial charge in [-0.05, 0) is 47.9 Å². The average molecular weight is 259 g/mol. The summed E-state index contributed by atoms with van der Waals surface area (Å²) in [6.07, 6.45) is 3.83. The Hall–Kier alpha value is -0.200. The van der Waals surface area contributed by atoms with Crippen LogP contribution in [0.15, 0.2) is 0 Å². The van der Waals surface area contributed by atoms with Crippen LogP contribution in [0.5, 0.6) is 0 Å². The van der Waals surface area contributed by atoms with E-state index >= 15 is 0 Å². The standard InChI is InChI=1S/C14H20Cl2/c1-5-9-10(6-2)14(16)12(8-4)11(7-3)13(9)15/h5-8H2,1-4H3. The summed E-state index contributed by atoms with van der Waals surface area (Å²) in [6, 6.07) is 0. The van der Waals surface area contributed by atoms with Gasteiger partial charge in [0.15, 0.2) is 0 Å². The quantitative estimate of drug-likeness (QED) is 0.693. The van der Waals surface area contributed by atoms with E-state index in [2.05, 4.69) is 27.7 Å². The normalized spacial score (nSPS) is 10.9. The molecule has 0 amide bonds. The molecule has 0 spiro atoms. The van der Waals surface area contributed by atoms with Crippen LogP contribution in [0.25, 0.3) is 0 Å². The van der Waals surface area contributed by atoms with Crippen LogP contribution in [0, 0.1) is 0 Å². The van der Waals surface area contributed by atoms with Crippen molar-refractivity contribution in [2.24, 2.45) is 0 Å². The van der Waals surface area contributed by atoms with Crippen molar-refractivity contribution in [2.45, 2.75) is 53.4 Å². The molecule has 1 rings (SSSR count). The first-order chi connectivity index (χ1) is 7.62. The van der Waals surface area contributed by atoms with E-state index in [1.54, 1.807) is 0 Å². The molecule has 0 aliphatic heterocycles. The predicted molar refractivity (Wildman–Crippen MR) is 74.0 cm³/mol. The van der Waals surface area contributed by atoms with Gasteiger partial charge in [0.2, 0.25) is 0 Å². The molecule has 1 aromatic rings. The molecule has 0 nitrogen and oxygen atoms in total. The minimum absolute atomic E-state index is 0.947. The fourth-order valence-electron chi connectivity index (χ4n) is 2.37. The Bertz CT molecular complexity index is 311. The van der Waals surface area contributed by atoms with Crippen LogP contribution in [0.4, 0.5) is 0 Å². The van der Waals surface area contributed by atoms with Crippen molar-refractivity contribution in [2.75, 3.05) is 0 Å². The lowest BCUT2D eigenvalue weighted by Gasteiger charge is -2.19. The van der Waals surface area contributed by atoms with Gasteiger partial charge in [0.1, 0.15) is 0 Å². The zero-order valence-electron chi connectivity index (χ0n) is 10.6. The minimum atomic E-state index is 0.947. The Labute approximate surface area is 109 Å². The third-order valence-corrected chi connectivity index (χ3v) is 4.12. The first-order valence-corrected chi connectivity index (χ1v) is 6.88. The number of hydrogen-bond acceptors (Lipinski definition) is 0. The highest BCUT2D eigenvalue weighted by Gasteiger charge is 2.17. The Morgan fingerprint density at radius 2 is 0.750 bits per heavy atom.